The molecule has 7 nitrogen and oxygen atoms in total. The summed E-state index contributed by atoms with van der Waals surface area (Å²) in [6.07, 6.45) is 4.50. The van der Waals surface area contributed by atoms with Crippen LogP contribution in [0.15, 0.2) is 71.5 Å². The van der Waals surface area contributed by atoms with Gasteiger partial charge in [-0.3, -0.25) is 9.48 Å². The molecule has 0 unspecified atom stereocenters. The second-order valence-corrected chi connectivity index (χ2v) is 7.66. The van der Waals surface area contributed by atoms with E-state index in [4.69, 9.17) is 4.52 Å². The fourth-order valence-electron chi connectivity index (χ4n) is 3.29. The van der Waals surface area contributed by atoms with E-state index in [2.05, 4.69) is 27.4 Å². The molecule has 0 spiro atoms. The molecule has 0 atom stereocenters. The Labute approximate surface area is 181 Å². The summed E-state index contributed by atoms with van der Waals surface area (Å²) in [6, 6.07) is 18.1. The van der Waals surface area contributed by atoms with Gasteiger partial charge < -0.3 is 9.42 Å². The van der Waals surface area contributed by atoms with Crippen LogP contribution in [0.25, 0.3) is 11.4 Å². The third-order valence-corrected chi connectivity index (χ3v) is 5.05. The van der Waals surface area contributed by atoms with Gasteiger partial charge in [0.15, 0.2) is 0 Å². The van der Waals surface area contributed by atoms with Crippen LogP contribution in [0.4, 0.5) is 0 Å². The first-order valence-corrected chi connectivity index (χ1v) is 10.3. The van der Waals surface area contributed by atoms with Crippen molar-refractivity contribution < 1.29 is 9.32 Å². The maximum atomic E-state index is 12.5. The van der Waals surface area contributed by atoms with Crippen molar-refractivity contribution in [1.29, 1.82) is 0 Å². The fourth-order valence-corrected chi connectivity index (χ4v) is 3.29. The van der Waals surface area contributed by atoms with Crippen LogP contribution in [0.1, 0.15) is 29.0 Å². The van der Waals surface area contributed by atoms with Crippen molar-refractivity contribution in [3.63, 3.8) is 0 Å². The van der Waals surface area contributed by atoms with E-state index >= 15 is 0 Å². The Morgan fingerprint density at radius 2 is 1.84 bits per heavy atom. The molecule has 2 heterocycles. The number of carbonyl (C=O) groups excluding carboxylic acids is 1. The Kier molecular flexibility index (Phi) is 6.21. The molecule has 0 aliphatic carbocycles. The summed E-state index contributed by atoms with van der Waals surface area (Å²) in [5, 5.41) is 8.42. The molecule has 0 N–H and O–H groups in total. The molecular formula is C24H25N5O2. The lowest BCUT2D eigenvalue weighted by atomic mass is 10.1. The van der Waals surface area contributed by atoms with Gasteiger partial charge in [-0.2, -0.15) is 10.1 Å². The number of rotatable bonds is 8. The van der Waals surface area contributed by atoms with E-state index in [1.165, 1.54) is 11.1 Å². The van der Waals surface area contributed by atoms with Crippen molar-refractivity contribution >= 4 is 5.91 Å². The van der Waals surface area contributed by atoms with Gasteiger partial charge in [-0.25, -0.2) is 0 Å². The number of amides is 1. The van der Waals surface area contributed by atoms with Crippen molar-refractivity contribution in [3.05, 3.63) is 89.6 Å². The maximum absolute atomic E-state index is 12.5. The number of carbonyl (C=O) groups is 1. The number of nitrogens with zero attached hydrogens (tertiary/aromatic N) is 5. The first-order valence-electron chi connectivity index (χ1n) is 10.3. The third-order valence-electron chi connectivity index (χ3n) is 5.05. The highest BCUT2D eigenvalue weighted by Gasteiger charge is 2.14. The first kappa shape index (κ1) is 20.5. The van der Waals surface area contributed by atoms with Crippen LogP contribution in [0, 0.1) is 6.92 Å². The van der Waals surface area contributed by atoms with Crippen molar-refractivity contribution in [2.45, 2.75) is 32.9 Å². The lowest BCUT2D eigenvalue weighted by Gasteiger charge is -2.15. The second-order valence-electron chi connectivity index (χ2n) is 7.66. The molecule has 2 aromatic carbocycles. The molecule has 0 bridgehead atoms. The van der Waals surface area contributed by atoms with Gasteiger partial charge in [0.25, 0.3) is 0 Å². The Morgan fingerprint density at radius 1 is 1.06 bits per heavy atom. The van der Waals surface area contributed by atoms with Gasteiger partial charge in [-0.1, -0.05) is 65.3 Å². The summed E-state index contributed by atoms with van der Waals surface area (Å²) in [5.41, 5.74) is 4.25. The minimum atomic E-state index is 0.0193. The smallest absolute Gasteiger partial charge is 0.227 e. The van der Waals surface area contributed by atoms with E-state index in [1.54, 1.807) is 18.1 Å². The summed E-state index contributed by atoms with van der Waals surface area (Å²) in [4.78, 5) is 18.6. The third kappa shape index (κ3) is 5.45. The molecule has 7 heteroatoms. The second kappa shape index (κ2) is 9.38. The van der Waals surface area contributed by atoms with Crippen molar-refractivity contribution in [3.8, 4) is 11.4 Å². The van der Waals surface area contributed by atoms with E-state index in [0.29, 0.717) is 37.6 Å². The quantitative estimate of drug-likeness (QED) is 0.436. The number of aryl methyl sites for hydroxylation is 2. The molecule has 31 heavy (non-hydrogen) atoms. The van der Waals surface area contributed by atoms with Crippen LogP contribution in [-0.2, 0) is 24.3 Å². The van der Waals surface area contributed by atoms with Gasteiger partial charge in [0.2, 0.25) is 17.6 Å². The minimum absolute atomic E-state index is 0.0193. The molecule has 0 aliphatic heterocycles. The predicted molar refractivity (Wildman–Crippen MR) is 117 cm³/mol. The first-order chi connectivity index (χ1) is 15.1. The van der Waals surface area contributed by atoms with Gasteiger partial charge in [0.05, 0.1) is 12.7 Å². The average molecular weight is 415 g/mol. The van der Waals surface area contributed by atoms with E-state index in [9.17, 15) is 4.79 Å². The predicted octanol–water partition coefficient (Wildman–Crippen LogP) is 3.88. The summed E-state index contributed by atoms with van der Waals surface area (Å²) >= 11 is 0. The molecule has 158 valence electrons. The van der Waals surface area contributed by atoms with E-state index in [-0.39, 0.29) is 5.91 Å². The van der Waals surface area contributed by atoms with E-state index in [0.717, 1.165) is 11.1 Å². The highest BCUT2D eigenvalue weighted by molar-refractivity contribution is 5.76. The number of aromatic nitrogens is 4. The summed E-state index contributed by atoms with van der Waals surface area (Å²) < 4.78 is 7.20. The van der Waals surface area contributed by atoms with Gasteiger partial charge in [-0.15, -0.1) is 0 Å². The Morgan fingerprint density at radius 3 is 2.61 bits per heavy atom. The van der Waals surface area contributed by atoms with Crippen LogP contribution in [-0.4, -0.2) is 37.8 Å². The lowest BCUT2D eigenvalue weighted by molar-refractivity contribution is -0.130. The Balaban J connectivity index is 1.28. The molecule has 0 aliphatic rings. The van der Waals surface area contributed by atoms with Crippen LogP contribution in [0.5, 0.6) is 0 Å². The number of hydrogen-bond acceptors (Lipinski definition) is 5. The van der Waals surface area contributed by atoms with E-state index in [1.807, 2.05) is 60.3 Å². The topological polar surface area (TPSA) is 77.0 Å². The van der Waals surface area contributed by atoms with Crippen molar-refractivity contribution in [1.82, 2.24) is 24.8 Å². The van der Waals surface area contributed by atoms with Crippen LogP contribution >= 0.6 is 0 Å². The number of hydrogen-bond donors (Lipinski definition) is 0. The summed E-state index contributed by atoms with van der Waals surface area (Å²) in [5.74, 6) is 1.03. The van der Waals surface area contributed by atoms with Gasteiger partial charge in [0, 0.05) is 43.8 Å². The van der Waals surface area contributed by atoms with E-state index < -0.39 is 0 Å². The number of benzene rings is 2. The lowest BCUT2D eigenvalue weighted by Crippen LogP contribution is -2.26. The molecule has 4 aromatic rings. The molecular weight excluding hydrogens is 390 g/mol. The molecule has 0 fully saturated rings. The minimum Gasteiger partial charge on any atom is -0.341 e. The summed E-state index contributed by atoms with van der Waals surface area (Å²) in [6.45, 7) is 3.24. The maximum Gasteiger partial charge on any atom is 0.227 e. The zero-order chi connectivity index (χ0) is 21.6. The van der Waals surface area contributed by atoms with Crippen LogP contribution in [0.3, 0.4) is 0 Å². The molecule has 2 aromatic heterocycles. The SMILES string of the molecule is Cc1ccc(-c2noc(CCC(=O)N(C)Cc3cnn(Cc4ccccc4)c3)n2)cc1. The standard InChI is InChI=1S/C24H25N5O2/c1-18-8-10-21(11-9-18)24-26-22(31-27-24)12-13-23(30)28(2)15-20-14-25-29(17-20)16-19-6-4-3-5-7-19/h3-11,14,17H,12-13,15-16H2,1-2H3. The zero-order valence-electron chi connectivity index (χ0n) is 17.7. The van der Waals surface area contributed by atoms with Gasteiger partial charge in [0.1, 0.15) is 0 Å². The molecule has 0 saturated carbocycles. The highest BCUT2D eigenvalue weighted by Crippen LogP contribution is 2.17. The Hall–Kier alpha value is -3.74. The largest absolute Gasteiger partial charge is 0.341 e. The van der Waals surface area contributed by atoms with Crippen LogP contribution in [0.2, 0.25) is 0 Å². The van der Waals surface area contributed by atoms with Gasteiger partial charge >= 0.3 is 0 Å². The molecule has 0 radical (unpaired) electrons. The normalized spacial score (nSPS) is 10.9. The monoisotopic (exact) mass is 415 g/mol. The van der Waals surface area contributed by atoms with Crippen molar-refractivity contribution in [2.75, 3.05) is 7.05 Å². The molecule has 4 rings (SSSR count). The molecule has 1 amide bonds. The average Bonchev–Trinajstić information content (AvgIpc) is 3.43. The van der Waals surface area contributed by atoms with Gasteiger partial charge in [-0.05, 0) is 12.5 Å². The van der Waals surface area contributed by atoms with Crippen molar-refractivity contribution in [2.24, 2.45) is 0 Å². The fraction of sp³-hybridized carbons (Fsp3) is 0.250. The summed E-state index contributed by atoms with van der Waals surface area (Å²) in [7, 11) is 1.79. The Bertz CT molecular complexity index is 1130. The zero-order valence-corrected chi connectivity index (χ0v) is 17.7. The van der Waals surface area contributed by atoms with Crippen LogP contribution < -0.4 is 0 Å². The molecule has 0 saturated heterocycles. The highest BCUT2D eigenvalue weighted by atomic mass is 16.5.